The van der Waals surface area contributed by atoms with Crippen molar-refractivity contribution in [3.8, 4) is 0 Å². The molecule has 1 atom stereocenters. The van der Waals surface area contributed by atoms with Gasteiger partial charge in [-0.25, -0.2) is 9.97 Å². The molecule has 0 amide bonds. The molecule has 0 radical (unpaired) electrons. The van der Waals surface area contributed by atoms with Gasteiger partial charge in [-0.15, -0.1) is 0 Å². The highest BCUT2D eigenvalue weighted by Crippen LogP contribution is 2.02. The van der Waals surface area contributed by atoms with Crippen molar-refractivity contribution in [2.24, 2.45) is 5.73 Å². The monoisotopic (exact) mass is 223 g/mol. The van der Waals surface area contributed by atoms with Gasteiger partial charge in [-0.05, 0) is 24.8 Å². The third-order valence-electron chi connectivity index (χ3n) is 2.36. The molecular formula is C12H21N3O. The minimum absolute atomic E-state index is 0.200. The Bertz CT molecular complexity index is 287. The molecule has 0 bridgehead atoms. The molecule has 0 spiro atoms. The SMILES string of the molecule is CCCOCc1ncc(CC(N)CC)cn1. The Hall–Kier alpha value is -1.00. The fraction of sp³-hybridized carbons (Fsp3) is 0.667. The summed E-state index contributed by atoms with van der Waals surface area (Å²) < 4.78 is 5.36. The molecule has 4 heteroatoms. The van der Waals surface area contributed by atoms with Crippen molar-refractivity contribution in [1.29, 1.82) is 0 Å². The van der Waals surface area contributed by atoms with Gasteiger partial charge >= 0.3 is 0 Å². The van der Waals surface area contributed by atoms with Crippen molar-refractivity contribution < 1.29 is 4.74 Å². The van der Waals surface area contributed by atoms with Gasteiger partial charge in [0, 0.05) is 25.0 Å². The van der Waals surface area contributed by atoms with Gasteiger partial charge in [0.05, 0.1) is 0 Å². The molecule has 1 unspecified atom stereocenters. The van der Waals surface area contributed by atoms with E-state index in [1.165, 1.54) is 0 Å². The Morgan fingerprint density at radius 1 is 1.31 bits per heavy atom. The third-order valence-corrected chi connectivity index (χ3v) is 2.36. The van der Waals surface area contributed by atoms with Crippen molar-refractivity contribution >= 4 is 0 Å². The molecule has 1 heterocycles. The number of hydrogen-bond donors (Lipinski definition) is 1. The van der Waals surface area contributed by atoms with Crippen molar-refractivity contribution in [2.75, 3.05) is 6.61 Å². The van der Waals surface area contributed by atoms with Gasteiger partial charge in [-0.2, -0.15) is 0 Å². The van der Waals surface area contributed by atoms with E-state index in [0.29, 0.717) is 6.61 Å². The second-order valence-electron chi connectivity index (χ2n) is 3.93. The van der Waals surface area contributed by atoms with Crippen molar-refractivity contribution in [3.05, 3.63) is 23.8 Å². The standard InChI is InChI=1S/C12H21N3O/c1-3-5-16-9-12-14-7-10(8-15-12)6-11(13)4-2/h7-8,11H,3-6,9,13H2,1-2H3. The van der Waals surface area contributed by atoms with E-state index >= 15 is 0 Å². The zero-order valence-electron chi connectivity index (χ0n) is 10.1. The lowest BCUT2D eigenvalue weighted by atomic mass is 10.1. The molecule has 1 aromatic heterocycles. The van der Waals surface area contributed by atoms with E-state index in [4.69, 9.17) is 10.5 Å². The fourth-order valence-corrected chi connectivity index (χ4v) is 1.32. The Labute approximate surface area is 97.2 Å². The van der Waals surface area contributed by atoms with E-state index in [1.807, 2.05) is 12.4 Å². The molecule has 0 aromatic carbocycles. The molecule has 0 saturated heterocycles. The summed E-state index contributed by atoms with van der Waals surface area (Å²) in [4.78, 5) is 8.49. The largest absolute Gasteiger partial charge is 0.373 e. The maximum atomic E-state index is 5.86. The quantitative estimate of drug-likeness (QED) is 0.714. The van der Waals surface area contributed by atoms with Crippen LogP contribution in [0.2, 0.25) is 0 Å². The summed E-state index contributed by atoms with van der Waals surface area (Å²) in [7, 11) is 0. The van der Waals surface area contributed by atoms with Crippen molar-refractivity contribution in [1.82, 2.24) is 9.97 Å². The lowest BCUT2D eigenvalue weighted by molar-refractivity contribution is 0.116. The highest BCUT2D eigenvalue weighted by molar-refractivity contribution is 5.06. The van der Waals surface area contributed by atoms with Crippen LogP contribution in [-0.2, 0) is 17.8 Å². The lowest BCUT2D eigenvalue weighted by Crippen LogP contribution is -2.21. The normalized spacial score (nSPS) is 12.7. The molecule has 2 N–H and O–H groups in total. The van der Waals surface area contributed by atoms with E-state index in [0.717, 1.165) is 37.3 Å². The molecule has 90 valence electrons. The van der Waals surface area contributed by atoms with Crippen LogP contribution in [0.25, 0.3) is 0 Å². The average Bonchev–Trinajstić information content (AvgIpc) is 2.31. The molecule has 4 nitrogen and oxygen atoms in total. The van der Waals surface area contributed by atoms with Gasteiger partial charge in [0.15, 0.2) is 5.82 Å². The first-order chi connectivity index (χ1) is 7.76. The Kier molecular flexibility index (Phi) is 5.96. The van der Waals surface area contributed by atoms with Gasteiger partial charge < -0.3 is 10.5 Å². The predicted octanol–water partition coefficient (Wildman–Crippen LogP) is 1.68. The maximum absolute atomic E-state index is 5.86. The van der Waals surface area contributed by atoms with Crippen molar-refractivity contribution in [3.63, 3.8) is 0 Å². The minimum Gasteiger partial charge on any atom is -0.373 e. The van der Waals surface area contributed by atoms with Crippen molar-refractivity contribution in [2.45, 2.75) is 45.8 Å². The number of hydrogen-bond acceptors (Lipinski definition) is 4. The van der Waals surface area contributed by atoms with E-state index in [9.17, 15) is 0 Å². The fourth-order valence-electron chi connectivity index (χ4n) is 1.32. The van der Waals surface area contributed by atoms with Gasteiger partial charge in [0.2, 0.25) is 0 Å². The minimum atomic E-state index is 0.200. The van der Waals surface area contributed by atoms with Crippen LogP contribution < -0.4 is 5.73 Å². The molecule has 16 heavy (non-hydrogen) atoms. The maximum Gasteiger partial charge on any atom is 0.153 e. The lowest BCUT2D eigenvalue weighted by Gasteiger charge is -2.08. The summed E-state index contributed by atoms with van der Waals surface area (Å²) in [5.74, 6) is 0.738. The summed E-state index contributed by atoms with van der Waals surface area (Å²) in [6.45, 7) is 5.41. The highest BCUT2D eigenvalue weighted by atomic mass is 16.5. The summed E-state index contributed by atoms with van der Waals surface area (Å²) >= 11 is 0. The summed E-state index contributed by atoms with van der Waals surface area (Å²) in [6, 6.07) is 0.200. The van der Waals surface area contributed by atoms with Gasteiger partial charge in [-0.1, -0.05) is 13.8 Å². The van der Waals surface area contributed by atoms with E-state index in [2.05, 4.69) is 23.8 Å². The summed E-state index contributed by atoms with van der Waals surface area (Å²) in [6.07, 6.45) is 6.51. The first-order valence-electron chi connectivity index (χ1n) is 5.89. The molecule has 0 aliphatic rings. The number of nitrogens with two attached hydrogens (primary N) is 1. The zero-order valence-corrected chi connectivity index (χ0v) is 10.1. The molecular weight excluding hydrogens is 202 g/mol. The second kappa shape index (κ2) is 7.30. The van der Waals surface area contributed by atoms with Crippen LogP contribution in [0.5, 0.6) is 0 Å². The zero-order chi connectivity index (χ0) is 11.8. The van der Waals surface area contributed by atoms with E-state index < -0.39 is 0 Å². The Morgan fingerprint density at radius 2 is 2.00 bits per heavy atom. The Balaban J connectivity index is 2.41. The molecule has 0 saturated carbocycles. The topological polar surface area (TPSA) is 61.0 Å². The number of nitrogens with zero attached hydrogens (tertiary/aromatic N) is 2. The summed E-state index contributed by atoms with van der Waals surface area (Å²) in [5, 5.41) is 0. The summed E-state index contributed by atoms with van der Waals surface area (Å²) in [5.41, 5.74) is 6.95. The first-order valence-corrected chi connectivity index (χ1v) is 5.89. The van der Waals surface area contributed by atoms with E-state index in [-0.39, 0.29) is 6.04 Å². The van der Waals surface area contributed by atoms with E-state index in [1.54, 1.807) is 0 Å². The Morgan fingerprint density at radius 3 is 2.56 bits per heavy atom. The second-order valence-corrected chi connectivity index (χ2v) is 3.93. The first kappa shape index (κ1) is 13.1. The molecule has 0 aliphatic carbocycles. The average molecular weight is 223 g/mol. The van der Waals surface area contributed by atoms with Crippen LogP contribution in [0.4, 0.5) is 0 Å². The highest BCUT2D eigenvalue weighted by Gasteiger charge is 2.03. The molecule has 0 aliphatic heterocycles. The number of rotatable bonds is 7. The van der Waals surface area contributed by atoms with Crippen LogP contribution in [0.1, 0.15) is 38.1 Å². The van der Waals surface area contributed by atoms with Crippen LogP contribution >= 0.6 is 0 Å². The smallest absolute Gasteiger partial charge is 0.153 e. The number of ether oxygens (including phenoxy) is 1. The van der Waals surface area contributed by atoms with Crippen LogP contribution in [0.3, 0.4) is 0 Å². The molecule has 0 fully saturated rings. The van der Waals surface area contributed by atoms with Gasteiger partial charge in [0.25, 0.3) is 0 Å². The predicted molar refractivity (Wildman–Crippen MR) is 63.9 cm³/mol. The van der Waals surface area contributed by atoms with Crippen LogP contribution in [0, 0.1) is 0 Å². The van der Waals surface area contributed by atoms with Crippen LogP contribution in [0.15, 0.2) is 12.4 Å². The van der Waals surface area contributed by atoms with Gasteiger partial charge in [0.1, 0.15) is 6.61 Å². The number of aromatic nitrogens is 2. The third kappa shape index (κ3) is 4.68. The molecule has 1 rings (SSSR count). The van der Waals surface area contributed by atoms with Gasteiger partial charge in [-0.3, -0.25) is 0 Å². The molecule has 1 aromatic rings. The van der Waals surface area contributed by atoms with Crippen LogP contribution in [-0.4, -0.2) is 22.6 Å².